The average molecular weight is 493 g/mol. The van der Waals surface area contributed by atoms with Crippen molar-refractivity contribution in [1.29, 1.82) is 0 Å². The van der Waals surface area contributed by atoms with E-state index in [-0.39, 0.29) is 27.3 Å². The molecule has 0 unspecified atom stereocenters. The summed E-state index contributed by atoms with van der Waals surface area (Å²) in [7, 11) is 0. The van der Waals surface area contributed by atoms with Gasteiger partial charge in [-0.05, 0) is 30.4 Å². The van der Waals surface area contributed by atoms with E-state index in [4.69, 9.17) is 35.4 Å². The van der Waals surface area contributed by atoms with Crippen LogP contribution in [0.1, 0.15) is 0 Å². The molecule has 0 saturated heterocycles. The third kappa shape index (κ3) is 8.72. The first-order valence-electron chi connectivity index (χ1n) is 7.88. The Bertz CT molecular complexity index is 873. The molecule has 0 spiro atoms. The van der Waals surface area contributed by atoms with E-state index >= 15 is 0 Å². The smallest absolute Gasteiger partial charge is 0.422 e. The third-order valence-corrected chi connectivity index (χ3v) is 4.06. The molecule has 0 aliphatic heterocycles. The third-order valence-electron chi connectivity index (χ3n) is 3.12. The largest absolute Gasteiger partial charge is 0.484 e. The fourth-order valence-corrected chi connectivity index (χ4v) is 2.54. The Balaban J connectivity index is 2.16. The zero-order valence-electron chi connectivity index (χ0n) is 14.6. The summed E-state index contributed by atoms with van der Waals surface area (Å²) >= 11 is 16.8. The van der Waals surface area contributed by atoms with Crippen molar-refractivity contribution < 1.29 is 35.8 Å². The van der Waals surface area contributed by atoms with Crippen LogP contribution in [0.5, 0.6) is 11.5 Å². The van der Waals surface area contributed by atoms with E-state index in [9.17, 15) is 26.3 Å². The van der Waals surface area contributed by atoms with Gasteiger partial charge in [0, 0.05) is 29.6 Å². The molecular weight excluding hydrogens is 481 g/mol. The van der Waals surface area contributed by atoms with Crippen LogP contribution in [-0.2, 0) is 0 Å². The maximum atomic E-state index is 12.4. The number of benzene rings is 2. The van der Waals surface area contributed by atoms with Crippen LogP contribution in [0.2, 0.25) is 10.0 Å². The highest BCUT2D eigenvalue weighted by Crippen LogP contribution is 2.30. The molecule has 0 aliphatic carbocycles. The van der Waals surface area contributed by atoms with Gasteiger partial charge in [-0.15, -0.1) is 0 Å². The van der Waals surface area contributed by atoms with Crippen LogP contribution in [0.4, 0.5) is 37.7 Å². The van der Waals surface area contributed by atoms with Crippen LogP contribution in [0, 0.1) is 0 Å². The fraction of sp³-hybridized carbons (Fsp3) is 0.235. The van der Waals surface area contributed by atoms with Crippen molar-refractivity contribution in [2.75, 3.05) is 23.8 Å². The fourth-order valence-electron chi connectivity index (χ4n) is 2.01. The summed E-state index contributed by atoms with van der Waals surface area (Å²) in [6.45, 7) is -3.28. The minimum Gasteiger partial charge on any atom is -0.484 e. The summed E-state index contributed by atoms with van der Waals surface area (Å²) in [5.41, 5.74) is 0.476. The lowest BCUT2D eigenvalue weighted by Gasteiger charge is -2.16. The number of hydrogen-bond donors (Lipinski definition) is 2. The Morgan fingerprint density at radius 1 is 0.767 bits per heavy atom. The van der Waals surface area contributed by atoms with E-state index in [1.54, 1.807) is 6.07 Å². The van der Waals surface area contributed by atoms with Crippen molar-refractivity contribution in [2.45, 2.75) is 12.4 Å². The summed E-state index contributed by atoms with van der Waals surface area (Å²) in [6, 6.07) is 7.67. The van der Waals surface area contributed by atoms with Gasteiger partial charge in [-0.2, -0.15) is 26.3 Å². The number of alkyl halides is 6. The van der Waals surface area contributed by atoms with E-state index in [0.717, 1.165) is 18.2 Å². The minimum atomic E-state index is -4.64. The van der Waals surface area contributed by atoms with Gasteiger partial charge in [-0.25, -0.2) is 0 Å². The SMILES string of the molecule is FC(F)(F)COc1cc(NC(=S)Nc2ccc(Cl)c(Cl)c2)cc(OCC(F)(F)F)c1. The molecular formula is C17H12Cl2F6N2O2S. The maximum Gasteiger partial charge on any atom is 0.422 e. The van der Waals surface area contributed by atoms with Crippen molar-refractivity contribution in [3.8, 4) is 11.5 Å². The van der Waals surface area contributed by atoms with E-state index in [1.807, 2.05) is 0 Å². The summed E-state index contributed by atoms with van der Waals surface area (Å²) in [6.07, 6.45) is -9.28. The van der Waals surface area contributed by atoms with Crippen LogP contribution in [0.3, 0.4) is 0 Å². The number of nitrogens with one attached hydrogen (secondary N) is 2. The van der Waals surface area contributed by atoms with Gasteiger partial charge >= 0.3 is 12.4 Å². The molecule has 2 rings (SSSR count). The van der Waals surface area contributed by atoms with E-state index < -0.39 is 25.6 Å². The normalized spacial score (nSPS) is 11.7. The topological polar surface area (TPSA) is 42.5 Å². The Labute approximate surface area is 182 Å². The molecule has 2 aromatic carbocycles. The van der Waals surface area contributed by atoms with Crippen LogP contribution >= 0.6 is 35.4 Å². The van der Waals surface area contributed by atoms with Crippen molar-refractivity contribution in [2.24, 2.45) is 0 Å². The van der Waals surface area contributed by atoms with Crippen LogP contribution in [0.25, 0.3) is 0 Å². The van der Waals surface area contributed by atoms with E-state index in [2.05, 4.69) is 20.1 Å². The second-order valence-corrected chi connectivity index (χ2v) is 6.93. The number of rotatable bonds is 6. The summed E-state index contributed by atoms with van der Waals surface area (Å²) < 4.78 is 83.5. The summed E-state index contributed by atoms with van der Waals surface area (Å²) in [5.74, 6) is -0.737. The zero-order chi connectivity index (χ0) is 22.5. The van der Waals surface area contributed by atoms with Gasteiger partial charge in [0.2, 0.25) is 0 Å². The van der Waals surface area contributed by atoms with Crippen molar-refractivity contribution in [3.05, 3.63) is 46.4 Å². The van der Waals surface area contributed by atoms with Crippen LogP contribution in [-0.4, -0.2) is 30.7 Å². The Morgan fingerprint density at radius 3 is 1.73 bits per heavy atom. The summed E-state index contributed by atoms with van der Waals surface area (Å²) in [4.78, 5) is 0. The van der Waals surface area contributed by atoms with E-state index in [1.165, 1.54) is 12.1 Å². The molecule has 0 aromatic heterocycles. The lowest BCUT2D eigenvalue weighted by atomic mass is 10.2. The second-order valence-electron chi connectivity index (χ2n) is 5.71. The van der Waals surface area contributed by atoms with Crippen LogP contribution < -0.4 is 20.1 Å². The summed E-state index contributed by atoms with van der Waals surface area (Å²) in [5, 5.41) is 5.89. The molecule has 0 atom stereocenters. The molecule has 13 heteroatoms. The highest BCUT2D eigenvalue weighted by Gasteiger charge is 2.30. The number of ether oxygens (including phenoxy) is 2. The molecule has 0 heterocycles. The first-order chi connectivity index (χ1) is 13.8. The molecule has 0 radical (unpaired) electrons. The first kappa shape index (κ1) is 24.2. The number of halogens is 8. The average Bonchev–Trinajstić information content (AvgIpc) is 2.60. The molecule has 2 N–H and O–H groups in total. The number of anilines is 2. The van der Waals surface area contributed by atoms with E-state index in [0.29, 0.717) is 10.7 Å². The van der Waals surface area contributed by atoms with Gasteiger partial charge in [-0.1, -0.05) is 23.2 Å². The lowest BCUT2D eigenvalue weighted by Crippen LogP contribution is -2.21. The Kier molecular flexibility index (Phi) is 7.89. The Morgan fingerprint density at radius 2 is 1.27 bits per heavy atom. The van der Waals surface area contributed by atoms with Gasteiger partial charge < -0.3 is 20.1 Å². The monoisotopic (exact) mass is 492 g/mol. The first-order valence-corrected chi connectivity index (χ1v) is 9.04. The van der Waals surface area contributed by atoms with Gasteiger partial charge in [0.1, 0.15) is 11.5 Å². The number of thiocarbonyl (C=S) groups is 1. The quantitative estimate of drug-likeness (QED) is 0.347. The van der Waals surface area contributed by atoms with Gasteiger partial charge in [-0.3, -0.25) is 0 Å². The predicted octanol–water partition coefficient (Wildman–Crippen LogP) is 6.68. The highest BCUT2D eigenvalue weighted by atomic mass is 35.5. The molecule has 164 valence electrons. The molecule has 0 amide bonds. The second kappa shape index (κ2) is 9.80. The predicted molar refractivity (Wildman–Crippen MR) is 106 cm³/mol. The molecule has 0 saturated carbocycles. The van der Waals surface area contributed by atoms with Crippen molar-refractivity contribution in [3.63, 3.8) is 0 Å². The molecule has 4 nitrogen and oxygen atoms in total. The Hall–Kier alpha value is -2.11. The zero-order valence-corrected chi connectivity index (χ0v) is 17.0. The van der Waals surface area contributed by atoms with Crippen molar-refractivity contribution >= 4 is 51.9 Å². The van der Waals surface area contributed by atoms with Gasteiger partial charge in [0.15, 0.2) is 18.3 Å². The number of hydrogen-bond acceptors (Lipinski definition) is 3. The molecule has 0 fully saturated rings. The molecule has 2 aromatic rings. The maximum absolute atomic E-state index is 12.4. The molecule has 0 aliphatic rings. The highest BCUT2D eigenvalue weighted by molar-refractivity contribution is 7.80. The van der Waals surface area contributed by atoms with Crippen LogP contribution in [0.15, 0.2) is 36.4 Å². The van der Waals surface area contributed by atoms with Gasteiger partial charge in [0.25, 0.3) is 0 Å². The minimum absolute atomic E-state index is 0.0249. The standard InChI is InChI=1S/C17H12Cl2F6N2O2S/c18-13-2-1-9(5-14(13)19)26-15(30)27-10-3-11(28-7-16(20,21)22)6-12(4-10)29-8-17(23,24)25/h1-6H,7-8H2,(H2,26,27,30). The molecule has 30 heavy (non-hydrogen) atoms. The van der Waals surface area contributed by atoms with Gasteiger partial charge in [0.05, 0.1) is 10.0 Å². The molecule has 0 bridgehead atoms. The lowest BCUT2D eigenvalue weighted by molar-refractivity contribution is -0.153. The van der Waals surface area contributed by atoms with Crippen molar-refractivity contribution in [1.82, 2.24) is 0 Å².